The summed E-state index contributed by atoms with van der Waals surface area (Å²) >= 11 is 8.17. The van der Waals surface area contributed by atoms with Gasteiger partial charge >= 0.3 is 0 Å². The summed E-state index contributed by atoms with van der Waals surface area (Å²) in [4.78, 5) is 1.41. The number of hydrogen-bond donors (Lipinski definition) is 1. The zero-order valence-corrected chi connectivity index (χ0v) is 14.0. The number of benzene rings is 1. The van der Waals surface area contributed by atoms with Crippen LogP contribution in [0.25, 0.3) is 0 Å². The van der Waals surface area contributed by atoms with E-state index in [0.29, 0.717) is 12.1 Å². The molecule has 0 amide bonds. The quantitative estimate of drug-likeness (QED) is 0.781. The second-order valence-electron chi connectivity index (χ2n) is 6.77. The van der Waals surface area contributed by atoms with Gasteiger partial charge in [-0.25, -0.2) is 0 Å². The molecule has 1 heterocycles. The monoisotopic (exact) mass is 319 g/mol. The van der Waals surface area contributed by atoms with Gasteiger partial charge in [0.2, 0.25) is 0 Å². The molecule has 2 aliphatic carbocycles. The van der Waals surface area contributed by atoms with E-state index < -0.39 is 0 Å². The molecule has 3 heteroatoms. The molecule has 0 aromatic heterocycles. The fourth-order valence-electron chi connectivity index (χ4n) is 4.38. The molecule has 0 saturated heterocycles. The van der Waals surface area contributed by atoms with E-state index in [9.17, 15) is 0 Å². The molecule has 5 atom stereocenters. The zero-order valence-electron chi connectivity index (χ0n) is 12.4. The van der Waals surface area contributed by atoms with Crippen molar-refractivity contribution in [2.75, 3.05) is 5.75 Å². The summed E-state index contributed by atoms with van der Waals surface area (Å²) in [5, 5.41) is 4.78. The van der Waals surface area contributed by atoms with Crippen LogP contribution in [0.4, 0.5) is 0 Å². The second-order valence-corrected chi connectivity index (χ2v) is 8.34. The summed E-state index contributed by atoms with van der Waals surface area (Å²) in [5.41, 5.74) is 1.41. The first-order valence-electron chi connectivity index (χ1n) is 8.07. The van der Waals surface area contributed by atoms with Crippen LogP contribution in [0, 0.1) is 17.8 Å². The van der Waals surface area contributed by atoms with Crippen LogP contribution in [0.5, 0.6) is 0 Å². The van der Waals surface area contributed by atoms with Crippen molar-refractivity contribution in [2.24, 2.45) is 17.8 Å². The third-order valence-corrected chi connectivity index (χ3v) is 6.81. The van der Waals surface area contributed by atoms with E-state index in [-0.39, 0.29) is 0 Å². The molecule has 3 aliphatic rings. The predicted octanol–water partition coefficient (Wildman–Crippen LogP) is 5.07. The van der Waals surface area contributed by atoms with Crippen molar-refractivity contribution in [3.05, 3.63) is 40.9 Å². The first-order valence-corrected chi connectivity index (χ1v) is 9.43. The van der Waals surface area contributed by atoms with Crippen molar-refractivity contribution >= 4 is 23.4 Å². The summed E-state index contributed by atoms with van der Waals surface area (Å²) in [7, 11) is 0. The lowest BCUT2D eigenvalue weighted by atomic mass is 9.86. The Morgan fingerprint density at radius 3 is 2.95 bits per heavy atom. The molecule has 112 valence electrons. The SMILES string of the molecule is CC(NC1CCSc2ccc(Cl)cc21)C1CC2C=CC1C2. The Morgan fingerprint density at radius 1 is 1.29 bits per heavy atom. The minimum atomic E-state index is 0.470. The van der Waals surface area contributed by atoms with Crippen LogP contribution in [0.1, 0.15) is 37.8 Å². The Labute approximate surface area is 136 Å². The van der Waals surface area contributed by atoms with Gasteiger partial charge in [0.15, 0.2) is 0 Å². The Bertz CT molecular complexity index is 570. The number of allylic oxidation sites excluding steroid dienone is 2. The lowest BCUT2D eigenvalue weighted by Crippen LogP contribution is -2.39. The molecule has 1 aromatic carbocycles. The van der Waals surface area contributed by atoms with Gasteiger partial charge in [0.25, 0.3) is 0 Å². The molecule has 2 bridgehead atoms. The maximum Gasteiger partial charge on any atom is 0.0410 e. The van der Waals surface area contributed by atoms with Crippen LogP contribution < -0.4 is 5.32 Å². The van der Waals surface area contributed by atoms with Crippen LogP contribution in [-0.4, -0.2) is 11.8 Å². The van der Waals surface area contributed by atoms with E-state index in [1.807, 2.05) is 17.8 Å². The van der Waals surface area contributed by atoms with E-state index in [2.05, 4.69) is 36.5 Å². The minimum absolute atomic E-state index is 0.470. The number of thioether (sulfide) groups is 1. The van der Waals surface area contributed by atoms with E-state index in [1.54, 1.807) is 0 Å². The molecule has 0 radical (unpaired) electrons. The summed E-state index contributed by atoms with van der Waals surface area (Å²) < 4.78 is 0. The molecule has 1 saturated carbocycles. The van der Waals surface area contributed by atoms with Gasteiger partial charge in [-0.2, -0.15) is 0 Å². The average Bonchev–Trinajstić information content (AvgIpc) is 3.10. The van der Waals surface area contributed by atoms with Crippen LogP contribution in [0.2, 0.25) is 5.02 Å². The van der Waals surface area contributed by atoms with Gasteiger partial charge in [-0.1, -0.05) is 23.8 Å². The number of nitrogens with one attached hydrogen (secondary N) is 1. The van der Waals surface area contributed by atoms with Crippen LogP contribution in [0.3, 0.4) is 0 Å². The normalized spacial score (nSPS) is 35.0. The molecular weight excluding hydrogens is 298 g/mol. The topological polar surface area (TPSA) is 12.0 Å². The van der Waals surface area contributed by atoms with Gasteiger partial charge in [0, 0.05) is 22.0 Å². The number of halogens is 1. The smallest absolute Gasteiger partial charge is 0.0410 e. The maximum atomic E-state index is 6.21. The molecule has 1 aromatic rings. The molecule has 1 N–H and O–H groups in total. The highest BCUT2D eigenvalue weighted by molar-refractivity contribution is 7.99. The van der Waals surface area contributed by atoms with Crippen LogP contribution in [0.15, 0.2) is 35.2 Å². The number of hydrogen-bond acceptors (Lipinski definition) is 2. The highest BCUT2D eigenvalue weighted by Crippen LogP contribution is 2.46. The third-order valence-electron chi connectivity index (χ3n) is 5.45. The van der Waals surface area contributed by atoms with Crippen LogP contribution in [-0.2, 0) is 0 Å². The van der Waals surface area contributed by atoms with Crippen molar-refractivity contribution in [1.29, 1.82) is 0 Å². The molecular formula is C18H22ClNS. The highest BCUT2D eigenvalue weighted by Gasteiger charge is 2.39. The van der Waals surface area contributed by atoms with Gasteiger partial charge in [0.05, 0.1) is 0 Å². The lowest BCUT2D eigenvalue weighted by molar-refractivity contribution is 0.296. The molecule has 4 rings (SSSR count). The number of rotatable bonds is 3. The first kappa shape index (κ1) is 14.2. The van der Waals surface area contributed by atoms with E-state index in [4.69, 9.17) is 11.6 Å². The second kappa shape index (κ2) is 5.64. The van der Waals surface area contributed by atoms with Crippen molar-refractivity contribution in [1.82, 2.24) is 5.32 Å². The fourth-order valence-corrected chi connectivity index (χ4v) is 5.66. The highest BCUT2D eigenvalue weighted by atomic mass is 35.5. The first-order chi connectivity index (χ1) is 10.2. The van der Waals surface area contributed by atoms with Crippen molar-refractivity contribution in [3.8, 4) is 0 Å². The van der Waals surface area contributed by atoms with Crippen molar-refractivity contribution in [3.63, 3.8) is 0 Å². The zero-order chi connectivity index (χ0) is 14.4. The molecule has 1 aliphatic heterocycles. The number of fused-ring (bicyclic) bond motifs is 3. The summed E-state index contributed by atoms with van der Waals surface area (Å²) in [5.74, 6) is 3.69. The summed E-state index contributed by atoms with van der Waals surface area (Å²) in [6.07, 6.45) is 8.86. The van der Waals surface area contributed by atoms with E-state index in [0.717, 1.165) is 22.8 Å². The summed E-state index contributed by atoms with van der Waals surface area (Å²) in [6, 6.07) is 7.41. The fraction of sp³-hybridized carbons (Fsp3) is 0.556. The van der Waals surface area contributed by atoms with E-state index >= 15 is 0 Å². The Morgan fingerprint density at radius 2 is 2.19 bits per heavy atom. The van der Waals surface area contributed by atoms with Gasteiger partial charge in [-0.15, -0.1) is 11.8 Å². The summed E-state index contributed by atoms with van der Waals surface area (Å²) in [6.45, 7) is 2.38. The molecule has 0 spiro atoms. The van der Waals surface area contributed by atoms with Crippen molar-refractivity contribution < 1.29 is 0 Å². The molecule has 1 nitrogen and oxygen atoms in total. The average molecular weight is 320 g/mol. The van der Waals surface area contributed by atoms with E-state index in [1.165, 1.54) is 35.5 Å². The Hall–Kier alpha value is -0.440. The Kier molecular flexibility index (Phi) is 3.81. The van der Waals surface area contributed by atoms with Gasteiger partial charge in [0.1, 0.15) is 0 Å². The Balaban J connectivity index is 1.50. The molecule has 5 unspecified atom stereocenters. The third kappa shape index (κ3) is 2.67. The van der Waals surface area contributed by atoms with Gasteiger partial charge in [-0.05, 0) is 73.5 Å². The molecule has 1 fully saturated rings. The van der Waals surface area contributed by atoms with Gasteiger partial charge in [-0.3, -0.25) is 0 Å². The largest absolute Gasteiger partial charge is 0.307 e. The maximum absolute atomic E-state index is 6.21. The standard InChI is InChI=1S/C18H22ClNS/c1-11(15-9-12-2-3-13(15)8-12)20-17-6-7-21-18-5-4-14(19)10-16(17)18/h2-5,10-13,15,17,20H,6-9H2,1H3. The lowest BCUT2D eigenvalue weighted by Gasteiger charge is -2.33. The van der Waals surface area contributed by atoms with Crippen LogP contribution >= 0.6 is 23.4 Å². The van der Waals surface area contributed by atoms with Gasteiger partial charge < -0.3 is 5.32 Å². The minimum Gasteiger partial charge on any atom is -0.307 e. The van der Waals surface area contributed by atoms with Crippen molar-refractivity contribution in [2.45, 2.75) is 43.2 Å². The molecule has 21 heavy (non-hydrogen) atoms. The predicted molar refractivity (Wildman–Crippen MR) is 91.0 cm³/mol.